The molecule has 0 radical (unpaired) electrons. The van der Waals surface area contributed by atoms with Crippen molar-refractivity contribution in [3.8, 4) is 0 Å². The molecule has 4 atom stereocenters. The molecule has 0 spiro atoms. The van der Waals surface area contributed by atoms with Gasteiger partial charge in [-0.15, -0.1) is 0 Å². The van der Waals surface area contributed by atoms with Crippen LogP contribution in [0.2, 0.25) is 0 Å². The summed E-state index contributed by atoms with van der Waals surface area (Å²) in [7, 11) is 0. The molecule has 1 heterocycles. The van der Waals surface area contributed by atoms with E-state index in [-0.39, 0.29) is 41.3 Å². The fourth-order valence-corrected chi connectivity index (χ4v) is 4.55. The van der Waals surface area contributed by atoms with Gasteiger partial charge in [-0.05, 0) is 32.9 Å². The van der Waals surface area contributed by atoms with Gasteiger partial charge in [0.2, 0.25) is 11.8 Å². The highest BCUT2D eigenvalue weighted by molar-refractivity contribution is 6.23. The van der Waals surface area contributed by atoms with E-state index in [4.69, 9.17) is 0 Å². The second-order valence-corrected chi connectivity index (χ2v) is 7.06. The molecule has 3 aliphatic rings. The van der Waals surface area contributed by atoms with Crippen molar-refractivity contribution < 1.29 is 14.4 Å². The Bertz CT molecular complexity index is 810. The number of carbonyl (C=O) groups excluding carboxylic acids is 3. The average Bonchev–Trinajstić information content (AvgIpc) is 3.17. The highest BCUT2D eigenvalue weighted by atomic mass is 16.2. The number of fused-ring (bicyclic) bond motifs is 5. The van der Waals surface area contributed by atoms with E-state index in [2.05, 4.69) is 12.2 Å². The van der Waals surface area contributed by atoms with Gasteiger partial charge in [0, 0.05) is 17.4 Å². The standard InChI is InChI=1S/C20H19NO3/c1-10(2)16-14-7-8-15(16)18-17(14)19(23)21(20(18)24)13-6-4-5-12(9-13)11(3)22/h4-9,14-15,17-18H,1-3H3/t14-,15-,17-,18-/m1/s1. The van der Waals surface area contributed by atoms with Crippen LogP contribution in [0.25, 0.3) is 0 Å². The van der Waals surface area contributed by atoms with Gasteiger partial charge >= 0.3 is 0 Å². The number of rotatable bonds is 2. The van der Waals surface area contributed by atoms with E-state index in [0.717, 1.165) is 0 Å². The summed E-state index contributed by atoms with van der Waals surface area (Å²) >= 11 is 0. The summed E-state index contributed by atoms with van der Waals surface area (Å²) in [6.07, 6.45) is 4.16. The maximum absolute atomic E-state index is 13.0. The molecule has 0 aromatic heterocycles. The van der Waals surface area contributed by atoms with Crippen molar-refractivity contribution in [3.05, 3.63) is 53.1 Å². The predicted molar refractivity (Wildman–Crippen MR) is 90.4 cm³/mol. The summed E-state index contributed by atoms with van der Waals surface area (Å²) < 4.78 is 0. The Balaban J connectivity index is 1.76. The molecule has 4 rings (SSSR count). The molecule has 0 unspecified atom stereocenters. The number of hydrogen-bond donors (Lipinski definition) is 0. The number of benzene rings is 1. The summed E-state index contributed by atoms with van der Waals surface area (Å²) in [5.41, 5.74) is 3.46. The third-order valence-electron chi connectivity index (χ3n) is 5.50. The van der Waals surface area contributed by atoms with Crippen molar-refractivity contribution in [1.82, 2.24) is 0 Å². The molecule has 2 aliphatic carbocycles. The van der Waals surface area contributed by atoms with E-state index in [9.17, 15) is 14.4 Å². The Hall–Kier alpha value is -2.49. The van der Waals surface area contributed by atoms with Crippen LogP contribution in [-0.2, 0) is 9.59 Å². The molecule has 1 aromatic carbocycles. The largest absolute Gasteiger partial charge is 0.295 e. The third kappa shape index (κ3) is 1.83. The van der Waals surface area contributed by atoms with E-state index >= 15 is 0 Å². The van der Waals surface area contributed by atoms with Crippen LogP contribution in [0.1, 0.15) is 31.1 Å². The lowest BCUT2D eigenvalue weighted by Crippen LogP contribution is -2.33. The van der Waals surface area contributed by atoms with Crippen LogP contribution < -0.4 is 4.90 Å². The van der Waals surface area contributed by atoms with Crippen molar-refractivity contribution in [3.63, 3.8) is 0 Å². The average molecular weight is 321 g/mol. The Morgan fingerprint density at radius 1 is 0.958 bits per heavy atom. The minimum absolute atomic E-state index is 0.0439. The van der Waals surface area contributed by atoms with E-state index in [1.54, 1.807) is 24.3 Å². The molecule has 122 valence electrons. The molecular formula is C20H19NO3. The van der Waals surface area contributed by atoms with Crippen molar-refractivity contribution in [1.29, 1.82) is 0 Å². The molecule has 2 fully saturated rings. The monoisotopic (exact) mass is 321 g/mol. The van der Waals surface area contributed by atoms with Gasteiger partial charge in [-0.3, -0.25) is 14.4 Å². The van der Waals surface area contributed by atoms with Gasteiger partial charge in [0.15, 0.2) is 5.78 Å². The molecular weight excluding hydrogens is 302 g/mol. The quantitative estimate of drug-likeness (QED) is 0.478. The highest BCUT2D eigenvalue weighted by Gasteiger charge is 2.61. The number of amides is 2. The van der Waals surface area contributed by atoms with Crippen LogP contribution in [-0.4, -0.2) is 17.6 Å². The lowest BCUT2D eigenvalue weighted by molar-refractivity contribution is -0.122. The van der Waals surface area contributed by atoms with E-state index in [1.807, 2.05) is 13.8 Å². The Morgan fingerprint density at radius 2 is 1.54 bits per heavy atom. The van der Waals surface area contributed by atoms with Gasteiger partial charge in [0.1, 0.15) is 0 Å². The first-order chi connectivity index (χ1) is 11.4. The molecule has 1 aliphatic heterocycles. The zero-order valence-corrected chi connectivity index (χ0v) is 13.9. The molecule has 1 saturated heterocycles. The van der Waals surface area contributed by atoms with Crippen molar-refractivity contribution in [2.24, 2.45) is 23.7 Å². The predicted octanol–water partition coefficient (Wildman–Crippen LogP) is 3.15. The SMILES string of the molecule is CC(=O)c1cccc(N2C(=O)[C@H]3[C@H](C2=O)[C@@H]2C=C[C@@H]3C2=C(C)C)c1. The molecule has 4 nitrogen and oxygen atoms in total. The van der Waals surface area contributed by atoms with Gasteiger partial charge in [-0.25, -0.2) is 4.90 Å². The van der Waals surface area contributed by atoms with Crippen molar-refractivity contribution in [2.75, 3.05) is 4.90 Å². The van der Waals surface area contributed by atoms with Gasteiger partial charge in [0.25, 0.3) is 0 Å². The second-order valence-electron chi connectivity index (χ2n) is 7.06. The molecule has 4 heteroatoms. The van der Waals surface area contributed by atoms with Crippen molar-refractivity contribution in [2.45, 2.75) is 20.8 Å². The summed E-state index contributed by atoms with van der Waals surface area (Å²) in [4.78, 5) is 38.9. The van der Waals surface area contributed by atoms with Crippen LogP contribution in [0, 0.1) is 23.7 Å². The summed E-state index contributed by atoms with van der Waals surface area (Å²) in [5.74, 6) is -0.853. The van der Waals surface area contributed by atoms with E-state index in [0.29, 0.717) is 11.3 Å². The summed E-state index contributed by atoms with van der Waals surface area (Å²) in [5, 5.41) is 0. The smallest absolute Gasteiger partial charge is 0.238 e. The number of Topliss-reactive ketones (excluding diaryl/α,β-unsaturated/α-hetero) is 1. The topological polar surface area (TPSA) is 54.5 Å². The van der Waals surface area contributed by atoms with Crippen LogP contribution in [0.5, 0.6) is 0 Å². The van der Waals surface area contributed by atoms with E-state index in [1.165, 1.54) is 23.0 Å². The maximum atomic E-state index is 13.0. The fraction of sp³-hybridized carbons (Fsp3) is 0.350. The molecule has 0 N–H and O–H groups in total. The maximum Gasteiger partial charge on any atom is 0.238 e. The van der Waals surface area contributed by atoms with Gasteiger partial charge in [-0.2, -0.15) is 0 Å². The first kappa shape index (κ1) is 15.1. The van der Waals surface area contributed by atoms with Gasteiger partial charge < -0.3 is 0 Å². The highest BCUT2D eigenvalue weighted by Crippen LogP contribution is 2.57. The number of anilines is 1. The zero-order valence-electron chi connectivity index (χ0n) is 13.9. The van der Waals surface area contributed by atoms with Gasteiger partial charge in [-0.1, -0.05) is 35.4 Å². The number of allylic oxidation sites excluding steroid dienone is 4. The van der Waals surface area contributed by atoms with Crippen LogP contribution >= 0.6 is 0 Å². The first-order valence-electron chi connectivity index (χ1n) is 8.26. The molecule has 24 heavy (non-hydrogen) atoms. The van der Waals surface area contributed by atoms with E-state index < -0.39 is 0 Å². The molecule has 2 amide bonds. The van der Waals surface area contributed by atoms with Gasteiger partial charge in [0.05, 0.1) is 17.5 Å². The minimum Gasteiger partial charge on any atom is -0.295 e. The zero-order chi connectivity index (χ0) is 17.2. The van der Waals surface area contributed by atoms with Crippen LogP contribution in [0.4, 0.5) is 5.69 Å². The molecule has 1 aromatic rings. The Morgan fingerprint density at radius 3 is 2.04 bits per heavy atom. The number of carbonyl (C=O) groups is 3. The van der Waals surface area contributed by atoms with Crippen LogP contribution in [0.15, 0.2) is 47.6 Å². The number of imide groups is 1. The molecule has 2 bridgehead atoms. The van der Waals surface area contributed by atoms with Crippen LogP contribution in [0.3, 0.4) is 0 Å². The van der Waals surface area contributed by atoms with Crippen molar-refractivity contribution >= 4 is 23.3 Å². The number of ketones is 1. The lowest BCUT2D eigenvalue weighted by atomic mass is 9.85. The second kappa shape index (κ2) is 5.00. The molecule has 1 saturated carbocycles. The minimum atomic E-state index is -0.293. The fourth-order valence-electron chi connectivity index (χ4n) is 4.55. The Kier molecular flexibility index (Phi) is 3.14. The Labute approximate surface area is 140 Å². The number of hydrogen-bond acceptors (Lipinski definition) is 3. The summed E-state index contributed by atoms with van der Waals surface area (Å²) in [6.45, 7) is 5.57. The normalized spacial score (nSPS) is 30.3. The first-order valence-corrected chi connectivity index (χ1v) is 8.26. The lowest BCUT2D eigenvalue weighted by Gasteiger charge is -2.19. The third-order valence-corrected chi connectivity index (χ3v) is 5.50. The summed E-state index contributed by atoms with van der Waals surface area (Å²) in [6, 6.07) is 6.77. The number of nitrogens with zero attached hydrogens (tertiary/aromatic N) is 1.